The highest BCUT2D eigenvalue weighted by atomic mass is 16.6. The van der Waals surface area contributed by atoms with Crippen LogP contribution in [0.3, 0.4) is 0 Å². The number of ether oxygens (including phenoxy) is 2. The molecule has 48 heavy (non-hydrogen) atoms. The third kappa shape index (κ3) is 33.7. The summed E-state index contributed by atoms with van der Waals surface area (Å²) in [5, 5.41) is 0. The summed E-state index contributed by atoms with van der Waals surface area (Å²) in [7, 11) is 3.89. The van der Waals surface area contributed by atoms with Gasteiger partial charge in [0.05, 0.1) is 13.2 Å². The number of hydrogen-bond donors (Lipinski definition) is 0. The molecule has 278 valence electrons. The van der Waals surface area contributed by atoms with Gasteiger partial charge in [0.15, 0.2) is 5.92 Å². The van der Waals surface area contributed by atoms with Crippen LogP contribution in [0.5, 0.6) is 0 Å². The van der Waals surface area contributed by atoms with Gasteiger partial charge in [-0.3, -0.25) is 9.59 Å². The third-order valence-electron chi connectivity index (χ3n) is 8.61. The standard InChI is InChI=1S/C43H77NO4/c1-5-7-9-11-13-15-17-19-21-23-25-27-29-31-33-35-39-47-42(45)41(37-38-44(3)4)43(46)48-40-36-34-32-30-28-26-24-22-20-18-16-14-12-10-8-6-2/h13-16,19-22,41H,5-12,17-18,23-40H2,1-4H3/b15-13-,16-14-,21-19-,22-20-. The van der Waals surface area contributed by atoms with Gasteiger partial charge in [-0.1, -0.05) is 140 Å². The lowest BCUT2D eigenvalue weighted by atomic mass is 10.1. The zero-order valence-corrected chi connectivity index (χ0v) is 32.1. The van der Waals surface area contributed by atoms with Gasteiger partial charge >= 0.3 is 11.9 Å². The minimum atomic E-state index is -0.832. The van der Waals surface area contributed by atoms with Crippen molar-refractivity contribution in [3.05, 3.63) is 48.6 Å². The second kappa shape index (κ2) is 37.7. The molecule has 0 aromatic heterocycles. The van der Waals surface area contributed by atoms with E-state index in [1.165, 1.54) is 89.9 Å². The van der Waals surface area contributed by atoms with Crippen molar-refractivity contribution < 1.29 is 19.1 Å². The van der Waals surface area contributed by atoms with Crippen molar-refractivity contribution in [3.63, 3.8) is 0 Å². The van der Waals surface area contributed by atoms with Crippen LogP contribution < -0.4 is 0 Å². The second-order valence-corrected chi connectivity index (χ2v) is 13.6. The molecular weight excluding hydrogens is 594 g/mol. The first-order valence-corrected chi connectivity index (χ1v) is 20.1. The summed E-state index contributed by atoms with van der Waals surface area (Å²) in [5.41, 5.74) is 0. The maximum absolute atomic E-state index is 12.8. The van der Waals surface area contributed by atoms with Crippen LogP contribution in [0.25, 0.3) is 0 Å². The number of nitrogens with zero attached hydrogens (tertiary/aromatic N) is 1. The van der Waals surface area contributed by atoms with Crippen LogP contribution in [0.15, 0.2) is 48.6 Å². The lowest BCUT2D eigenvalue weighted by Gasteiger charge is -2.17. The lowest BCUT2D eigenvalue weighted by molar-refractivity contribution is -0.162. The number of allylic oxidation sites excluding steroid dienone is 8. The lowest BCUT2D eigenvalue weighted by Crippen LogP contribution is -2.31. The van der Waals surface area contributed by atoms with Gasteiger partial charge in [0.2, 0.25) is 0 Å². The molecule has 0 unspecified atom stereocenters. The molecule has 0 heterocycles. The average molecular weight is 672 g/mol. The zero-order chi connectivity index (χ0) is 35.2. The molecule has 5 heteroatoms. The van der Waals surface area contributed by atoms with Crippen molar-refractivity contribution in [1.29, 1.82) is 0 Å². The quantitative estimate of drug-likeness (QED) is 0.0290. The predicted octanol–water partition coefficient (Wildman–Crippen LogP) is 12.3. The molecule has 0 saturated carbocycles. The van der Waals surface area contributed by atoms with Crippen LogP contribution in [0.4, 0.5) is 0 Å². The molecule has 0 aromatic rings. The summed E-state index contributed by atoms with van der Waals surface area (Å²) in [5.74, 6) is -1.69. The van der Waals surface area contributed by atoms with Gasteiger partial charge in [-0.15, -0.1) is 0 Å². The van der Waals surface area contributed by atoms with Gasteiger partial charge in [0, 0.05) is 0 Å². The maximum atomic E-state index is 12.8. The van der Waals surface area contributed by atoms with E-state index < -0.39 is 17.9 Å². The van der Waals surface area contributed by atoms with Gasteiger partial charge in [-0.25, -0.2) is 0 Å². The molecule has 0 radical (unpaired) electrons. The fraction of sp³-hybridized carbons (Fsp3) is 0.767. The number of hydrogen-bond acceptors (Lipinski definition) is 5. The Kier molecular flexibility index (Phi) is 36.0. The Bertz CT molecular complexity index is 767. The zero-order valence-electron chi connectivity index (χ0n) is 32.1. The van der Waals surface area contributed by atoms with Gasteiger partial charge in [0.25, 0.3) is 0 Å². The van der Waals surface area contributed by atoms with Gasteiger partial charge in [0.1, 0.15) is 0 Å². The maximum Gasteiger partial charge on any atom is 0.320 e. The van der Waals surface area contributed by atoms with E-state index in [2.05, 4.69) is 62.5 Å². The molecule has 0 aliphatic rings. The van der Waals surface area contributed by atoms with E-state index in [4.69, 9.17) is 9.47 Å². The normalized spacial score (nSPS) is 12.2. The van der Waals surface area contributed by atoms with Crippen LogP contribution in [0.1, 0.15) is 174 Å². The SMILES string of the molecule is CCCCC/C=C\C/C=C\CCCCCCCCOC(=O)C(CCN(C)C)C(=O)OCCCCCCCC/C=C\C/C=C\CCCCC. The Labute approximate surface area is 298 Å². The minimum Gasteiger partial charge on any atom is -0.465 e. The van der Waals surface area contributed by atoms with Crippen LogP contribution in [-0.2, 0) is 19.1 Å². The van der Waals surface area contributed by atoms with Gasteiger partial charge in [-0.05, 0) is 104 Å². The highest BCUT2D eigenvalue weighted by Crippen LogP contribution is 2.14. The van der Waals surface area contributed by atoms with Crippen molar-refractivity contribution in [3.8, 4) is 0 Å². The van der Waals surface area contributed by atoms with Crippen molar-refractivity contribution >= 4 is 11.9 Å². The van der Waals surface area contributed by atoms with E-state index in [-0.39, 0.29) is 0 Å². The molecule has 0 amide bonds. The molecule has 5 nitrogen and oxygen atoms in total. The third-order valence-corrected chi connectivity index (χ3v) is 8.61. The van der Waals surface area contributed by atoms with E-state index in [9.17, 15) is 9.59 Å². The predicted molar refractivity (Wildman–Crippen MR) is 207 cm³/mol. The highest BCUT2D eigenvalue weighted by molar-refractivity contribution is 5.94. The minimum absolute atomic E-state index is 0.380. The van der Waals surface area contributed by atoms with Crippen LogP contribution in [0, 0.1) is 5.92 Å². The fourth-order valence-electron chi connectivity index (χ4n) is 5.45. The molecule has 0 fully saturated rings. The Balaban J connectivity index is 3.92. The van der Waals surface area contributed by atoms with Crippen molar-refractivity contribution in [2.45, 2.75) is 174 Å². The van der Waals surface area contributed by atoms with Crippen LogP contribution in [-0.4, -0.2) is 50.7 Å². The molecule has 0 N–H and O–H groups in total. The molecular formula is C43H77NO4. The van der Waals surface area contributed by atoms with Crippen LogP contribution >= 0.6 is 0 Å². The summed E-state index contributed by atoms with van der Waals surface area (Å²) in [6.45, 7) is 5.89. The molecule has 0 spiro atoms. The fourth-order valence-corrected chi connectivity index (χ4v) is 5.45. The van der Waals surface area contributed by atoms with E-state index in [1.54, 1.807) is 0 Å². The Hall–Kier alpha value is -2.14. The first-order chi connectivity index (χ1) is 23.5. The Morgan fingerprint density at radius 2 is 0.812 bits per heavy atom. The smallest absolute Gasteiger partial charge is 0.320 e. The number of esters is 2. The van der Waals surface area contributed by atoms with E-state index in [0.717, 1.165) is 64.2 Å². The summed E-state index contributed by atoms with van der Waals surface area (Å²) in [4.78, 5) is 27.5. The Morgan fingerprint density at radius 1 is 0.479 bits per heavy atom. The molecule has 0 bridgehead atoms. The van der Waals surface area contributed by atoms with Gasteiger partial charge in [-0.2, -0.15) is 0 Å². The molecule has 0 atom stereocenters. The number of unbranched alkanes of at least 4 members (excludes halogenated alkanes) is 18. The molecule has 0 aliphatic heterocycles. The second-order valence-electron chi connectivity index (χ2n) is 13.6. The summed E-state index contributed by atoms with van der Waals surface area (Å²) >= 11 is 0. The molecule has 0 aromatic carbocycles. The molecule has 0 saturated heterocycles. The summed E-state index contributed by atoms with van der Waals surface area (Å²) in [6, 6.07) is 0. The average Bonchev–Trinajstić information content (AvgIpc) is 3.07. The number of rotatable bonds is 35. The summed E-state index contributed by atoms with van der Waals surface area (Å²) in [6.07, 6.45) is 47.0. The number of carbonyl (C=O) groups is 2. The van der Waals surface area contributed by atoms with E-state index in [1.807, 2.05) is 19.0 Å². The van der Waals surface area contributed by atoms with Gasteiger partial charge < -0.3 is 14.4 Å². The van der Waals surface area contributed by atoms with E-state index in [0.29, 0.717) is 26.2 Å². The monoisotopic (exact) mass is 672 g/mol. The van der Waals surface area contributed by atoms with Crippen molar-refractivity contribution in [2.75, 3.05) is 33.9 Å². The first-order valence-electron chi connectivity index (χ1n) is 20.1. The van der Waals surface area contributed by atoms with Crippen molar-refractivity contribution in [1.82, 2.24) is 4.90 Å². The first kappa shape index (κ1) is 45.9. The van der Waals surface area contributed by atoms with Crippen molar-refractivity contribution in [2.24, 2.45) is 5.92 Å². The molecule has 0 aliphatic carbocycles. The Morgan fingerprint density at radius 3 is 1.17 bits per heavy atom. The summed E-state index contributed by atoms with van der Waals surface area (Å²) < 4.78 is 11.1. The largest absolute Gasteiger partial charge is 0.465 e. The van der Waals surface area contributed by atoms with Crippen LogP contribution in [0.2, 0.25) is 0 Å². The highest BCUT2D eigenvalue weighted by Gasteiger charge is 2.29. The number of carbonyl (C=O) groups excluding carboxylic acids is 2. The molecule has 0 rings (SSSR count). The topological polar surface area (TPSA) is 55.8 Å². The van der Waals surface area contributed by atoms with E-state index >= 15 is 0 Å².